The molecule has 28 heavy (non-hydrogen) atoms. The lowest BCUT2D eigenvalue weighted by atomic mass is 9.77. The summed E-state index contributed by atoms with van der Waals surface area (Å²) in [6.07, 6.45) is 1.88. The van der Waals surface area contributed by atoms with Crippen molar-refractivity contribution in [2.75, 3.05) is 6.54 Å². The minimum atomic E-state index is -1.11. The maximum absolute atomic E-state index is 11.4. The van der Waals surface area contributed by atoms with E-state index in [4.69, 9.17) is 18.8 Å². The summed E-state index contributed by atoms with van der Waals surface area (Å²) in [6.45, 7) is 9.59. The van der Waals surface area contributed by atoms with E-state index in [0.29, 0.717) is 11.0 Å². The fourth-order valence-electron chi connectivity index (χ4n) is 2.89. The third-order valence-corrected chi connectivity index (χ3v) is 5.20. The molecular formula is C20H24BNO6. The van der Waals surface area contributed by atoms with Crippen LogP contribution in [0.5, 0.6) is 0 Å². The van der Waals surface area contributed by atoms with Gasteiger partial charge in [0.05, 0.1) is 11.2 Å². The third kappa shape index (κ3) is 3.98. The summed E-state index contributed by atoms with van der Waals surface area (Å²) in [7, 11) is -0.605. The van der Waals surface area contributed by atoms with Crippen LogP contribution in [-0.2, 0) is 14.1 Å². The molecule has 0 bridgehead atoms. The number of benzene rings is 1. The van der Waals surface area contributed by atoms with Gasteiger partial charge in [-0.15, -0.1) is 0 Å². The molecule has 1 fully saturated rings. The third-order valence-electron chi connectivity index (χ3n) is 5.20. The van der Waals surface area contributed by atoms with Crippen LogP contribution in [0.1, 0.15) is 50.7 Å². The highest BCUT2D eigenvalue weighted by Crippen LogP contribution is 2.38. The Morgan fingerprint density at radius 3 is 2.36 bits per heavy atom. The molecule has 3 rings (SSSR count). The summed E-state index contributed by atoms with van der Waals surface area (Å²) in [5, 5.41) is 12.6. The number of carbonyl (C=O) groups excluding carboxylic acids is 1. The first-order valence-electron chi connectivity index (χ1n) is 9.06. The number of amides is 1. The summed E-state index contributed by atoms with van der Waals surface area (Å²) >= 11 is 0. The van der Waals surface area contributed by atoms with Crippen molar-refractivity contribution in [3.8, 4) is 0 Å². The van der Waals surface area contributed by atoms with Crippen molar-refractivity contribution in [1.82, 2.24) is 5.32 Å². The number of furan rings is 1. The second-order valence-corrected chi connectivity index (χ2v) is 7.93. The average molecular weight is 385 g/mol. The normalized spacial score (nSPS) is 18.5. The molecule has 2 heterocycles. The molecule has 1 aliphatic heterocycles. The molecular weight excluding hydrogens is 361 g/mol. The van der Waals surface area contributed by atoms with Gasteiger partial charge < -0.3 is 24.1 Å². The first-order chi connectivity index (χ1) is 13.0. The van der Waals surface area contributed by atoms with Crippen LogP contribution in [0, 0.1) is 0 Å². The van der Waals surface area contributed by atoms with E-state index in [1.807, 2.05) is 45.9 Å². The van der Waals surface area contributed by atoms with Gasteiger partial charge in [-0.2, -0.15) is 0 Å². The van der Waals surface area contributed by atoms with Crippen LogP contribution < -0.4 is 5.32 Å². The van der Waals surface area contributed by atoms with Gasteiger partial charge in [0.2, 0.25) is 11.7 Å². The molecule has 0 atom stereocenters. The highest BCUT2D eigenvalue weighted by atomic mass is 16.7. The largest absolute Gasteiger partial charge is 0.492 e. The molecule has 0 radical (unpaired) electrons. The Hall–Kier alpha value is -2.58. The number of fused-ring (bicyclic) bond motifs is 1. The molecule has 2 N–H and O–H groups in total. The van der Waals surface area contributed by atoms with Crippen molar-refractivity contribution in [2.45, 2.75) is 45.8 Å². The topological polar surface area (TPSA) is 98.0 Å². The molecule has 8 heteroatoms. The number of rotatable bonds is 5. The Kier molecular flexibility index (Phi) is 5.12. The van der Waals surface area contributed by atoms with E-state index in [-0.39, 0.29) is 18.2 Å². The summed E-state index contributed by atoms with van der Waals surface area (Å²) < 4.78 is 17.5. The molecule has 1 amide bonds. The summed E-state index contributed by atoms with van der Waals surface area (Å²) in [5.74, 6) is -1.38. The van der Waals surface area contributed by atoms with Gasteiger partial charge in [-0.25, -0.2) is 4.79 Å². The minimum absolute atomic E-state index is 0.111. The van der Waals surface area contributed by atoms with E-state index in [1.165, 1.54) is 13.0 Å². The second kappa shape index (κ2) is 7.11. The smallest absolute Gasteiger partial charge is 0.475 e. The van der Waals surface area contributed by atoms with Gasteiger partial charge in [0.1, 0.15) is 5.58 Å². The second-order valence-electron chi connectivity index (χ2n) is 7.93. The monoisotopic (exact) mass is 385 g/mol. The number of hydrogen-bond donors (Lipinski definition) is 2. The number of hydrogen-bond acceptors (Lipinski definition) is 5. The van der Waals surface area contributed by atoms with Crippen LogP contribution in [0.15, 0.2) is 34.2 Å². The van der Waals surface area contributed by atoms with Gasteiger partial charge >= 0.3 is 13.1 Å². The van der Waals surface area contributed by atoms with Crippen LogP contribution in [0.25, 0.3) is 17.0 Å². The summed E-state index contributed by atoms with van der Waals surface area (Å²) in [6, 6.07) is 6.84. The first-order valence-corrected chi connectivity index (χ1v) is 9.06. The van der Waals surface area contributed by atoms with Crippen molar-refractivity contribution < 1.29 is 28.4 Å². The molecule has 0 saturated carbocycles. The predicted octanol–water partition coefficient (Wildman–Crippen LogP) is 3.28. The van der Waals surface area contributed by atoms with Crippen LogP contribution in [-0.4, -0.2) is 41.8 Å². The zero-order chi connectivity index (χ0) is 20.7. The average Bonchev–Trinajstić information content (AvgIpc) is 3.09. The van der Waals surface area contributed by atoms with Crippen molar-refractivity contribution in [3.63, 3.8) is 0 Å². The van der Waals surface area contributed by atoms with E-state index in [2.05, 4.69) is 5.32 Å². The van der Waals surface area contributed by atoms with E-state index in [1.54, 1.807) is 6.07 Å². The Bertz CT molecular complexity index is 943. The predicted molar refractivity (Wildman–Crippen MR) is 106 cm³/mol. The van der Waals surface area contributed by atoms with Crippen LogP contribution in [0.4, 0.5) is 0 Å². The molecule has 148 valence electrons. The molecule has 7 nitrogen and oxygen atoms in total. The van der Waals surface area contributed by atoms with Crippen molar-refractivity contribution >= 4 is 36.0 Å². The maximum Gasteiger partial charge on any atom is 0.492 e. The summed E-state index contributed by atoms with van der Waals surface area (Å²) in [5.41, 5.74) is 1.07. The fraction of sp³-hybridized carbons (Fsp3) is 0.400. The number of carbonyl (C=O) groups is 2. The fourth-order valence-corrected chi connectivity index (χ4v) is 2.89. The molecule has 1 aromatic carbocycles. The lowest BCUT2D eigenvalue weighted by Gasteiger charge is -2.32. The zero-order valence-corrected chi connectivity index (χ0v) is 16.7. The van der Waals surface area contributed by atoms with Gasteiger partial charge in [-0.05, 0) is 56.9 Å². The molecule has 2 aromatic rings. The lowest BCUT2D eigenvalue weighted by Crippen LogP contribution is -2.41. The molecule has 0 spiro atoms. The van der Waals surface area contributed by atoms with Gasteiger partial charge in [0.25, 0.3) is 0 Å². The number of nitrogens with one attached hydrogen (secondary N) is 1. The Morgan fingerprint density at radius 2 is 1.79 bits per heavy atom. The van der Waals surface area contributed by atoms with E-state index >= 15 is 0 Å². The lowest BCUT2D eigenvalue weighted by molar-refractivity contribution is -0.118. The Labute approximate surface area is 163 Å². The Morgan fingerprint density at radius 1 is 1.14 bits per heavy atom. The molecule has 0 unspecified atom stereocenters. The SMILES string of the molecule is CC(=O)NCC(=Cc1ccc2oc(C(=O)O)cc2c1)B1OC(C)(C)C(C)(C)O1. The highest BCUT2D eigenvalue weighted by Gasteiger charge is 2.52. The minimum Gasteiger partial charge on any atom is -0.475 e. The molecule has 1 aromatic heterocycles. The van der Waals surface area contributed by atoms with Gasteiger partial charge in [0.15, 0.2) is 0 Å². The molecule has 0 aliphatic carbocycles. The van der Waals surface area contributed by atoms with Gasteiger partial charge in [-0.1, -0.05) is 12.1 Å². The maximum atomic E-state index is 11.4. The number of aromatic carboxylic acids is 1. The quantitative estimate of drug-likeness (QED) is 0.767. The van der Waals surface area contributed by atoms with Crippen LogP contribution >= 0.6 is 0 Å². The Balaban J connectivity index is 1.95. The zero-order valence-electron chi connectivity index (χ0n) is 16.7. The highest BCUT2D eigenvalue weighted by molar-refractivity contribution is 6.56. The van der Waals surface area contributed by atoms with E-state index < -0.39 is 24.3 Å². The van der Waals surface area contributed by atoms with Crippen molar-refractivity contribution in [3.05, 3.63) is 41.1 Å². The number of carboxylic acid groups (broad SMARTS) is 1. The van der Waals surface area contributed by atoms with Crippen molar-refractivity contribution in [2.24, 2.45) is 0 Å². The number of carboxylic acids is 1. The summed E-state index contributed by atoms with van der Waals surface area (Å²) in [4.78, 5) is 22.5. The standard InChI is InChI=1S/C20H24BNO6/c1-12(23)22-11-15(21-27-19(2,3)20(4,5)28-21)9-13-6-7-16-14(8-13)10-17(26-16)18(24)25/h6-10H,11H2,1-5H3,(H,22,23)(H,24,25). The van der Waals surface area contributed by atoms with E-state index in [0.717, 1.165) is 11.0 Å². The van der Waals surface area contributed by atoms with Crippen LogP contribution in [0.2, 0.25) is 0 Å². The van der Waals surface area contributed by atoms with Gasteiger partial charge in [0, 0.05) is 18.9 Å². The molecule has 1 saturated heterocycles. The first kappa shape index (κ1) is 20.2. The van der Waals surface area contributed by atoms with Crippen LogP contribution in [0.3, 0.4) is 0 Å². The van der Waals surface area contributed by atoms with Gasteiger partial charge in [-0.3, -0.25) is 4.79 Å². The molecule has 1 aliphatic rings. The van der Waals surface area contributed by atoms with Crippen molar-refractivity contribution in [1.29, 1.82) is 0 Å². The van der Waals surface area contributed by atoms with E-state index in [9.17, 15) is 9.59 Å².